The average molecular weight is 271 g/mol. The van der Waals surface area contributed by atoms with Crippen molar-refractivity contribution in [1.82, 2.24) is 5.32 Å². The molecule has 0 aromatic rings. The topological polar surface area (TPSA) is 64.6 Å². The number of nitrogens with one attached hydrogen (secondary N) is 1. The van der Waals surface area contributed by atoms with E-state index in [2.05, 4.69) is 5.32 Å². The fourth-order valence-electron chi connectivity index (χ4n) is 1.24. The minimum absolute atomic E-state index is 0.350. The van der Waals surface area contributed by atoms with Gasteiger partial charge in [-0.1, -0.05) is 32.8 Å². The number of unbranched alkanes of at least 4 members (excludes halogenated alkanes) is 2. The highest BCUT2D eigenvalue weighted by atomic mass is 16.6. The fourth-order valence-corrected chi connectivity index (χ4v) is 1.24. The van der Waals surface area contributed by atoms with Gasteiger partial charge in [-0.3, -0.25) is 4.79 Å². The molecule has 0 heterocycles. The zero-order valence-corrected chi connectivity index (χ0v) is 12.1. The summed E-state index contributed by atoms with van der Waals surface area (Å²) in [6.07, 6.45) is 5.46. The maximum Gasteiger partial charge on any atom is 0.356 e. The first-order chi connectivity index (χ1) is 9.15. The van der Waals surface area contributed by atoms with Gasteiger partial charge in [0.05, 0.1) is 6.61 Å². The van der Waals surface area contributed by atoms with E-state index in [1.165, 1.54) is 6.08 Å². The SMILES string of the molecule is CC=CC(=O)NC(OCCCC)C(=O)OCCCC. The van der Waals surface area contributed by atoms with Crippen LogP contribution in [0.25, 0.3) is 0 Å². The molecule has 110 valence electrons. The van der Waals surface area contributed by atoms with E-state index in [4.69, 9.17) is 9.47 Å². The summed E-state index contributed by atoms with van der Waals surface area (Å²) in [5, 5.41) is 2.48. The van der Waals surface area contributed by atoms with Gasteiger partial charge in [0.25, 0.3) is 0 Å². The summed E-state index contributed by atoms with van der Waals surface area (Å²) in [5.41, 5.74) is 0. The number of carbonyl (C=O) groups excluding carboxylic acids is 2. The normalized spacial score (nSPS) is 12.4. The minimum Gasteiger partial charge on any atom is -0.462 e. The Labute approximate surface area is 115 Å². The van der Waals surface area contributed by atoms with E-state index in [1.807, 2.05) is 13.8 Å². The molecule has 0 aromatic carbocycles. The summed E-state index contributed by atoms with van der Waals surface area (Å²) >= 11 is 0. The Morgan fingerprint density at radius 3 is 2.37 bits per heavy atom. The van der Waals surface area contributed by atoms with Gasteiger partial charge in [0.2, 0.25) is 12.1 Å². The molecule has 0 saturated heterocycles. The van der Waals surface area contributed by atoms with Crippen LogP contribution < -0.4 is 5.32 Å². The lowest BCUT2D eigenvalue weighted by Gasteiger charge is -2.17. The van der Waals surface area contributed by atoms with Crippen LogP contribution in [0.2, 0.25) is 0 Å². The Bertz CT molecular complexity index is 289. The van der Waals surface area contributed by atoms with E-state index in [-0.39, 0.29) is 5.91 Å². The third kappa shape index (κ3) is 9.25. The van der Waals surface area contributed by atoms with Gasteiger partial charge < -0.3 is 14.8 Å². The molecule has 0 aromatic heterocycles. The Morgan fingerprint density at radius 2 is 1.79 bits per heavy atom. The van der Waals surface area contributed by atoms with Crippen molar-refractivity contribution in [3.05, 3.63) is 12.2 Å². The van der Waals surface area contributed by atoms with Gasteiger partial charge in [-0.05, 0) is 25.8 Å². The van der Waals surface area contributed by atoms with Crippen molar-refractivity contribution in [3.8, 4) is 0 Å². The number of amides is 1. The van der Waals surface area contributed by atoms with E-state index >= 15 is 0 Å². The van der Waals surface area contributed by atoms with Gasteiger partial charge in [0.1, 0.15) is 0 Å². The molecule has 0 rings (SSSR count). The highest BCUT2D eigenvalue weighted by Gasteiger charge is 2.21. The molecule has 0 fully saturated rings. The van der Waals surface area contributed by atoms with Crippen molar-refractivity contribution in [1.29, 1.82) is 0 Å². The summed E-state index contributed by atoms with van der Waals surface area (Å²) in [5.74, 6) is -0.904. The highest BCUT2D eigenvalue weighted by Crippen LogP contribution is 1.98. The first-order valence-corrected chi connectivity index (χ1v) is 6.87. The number of ether oxygens (including phenoxy) is 2. The van der Waals surface area contributed by atoms with Crippen LogP contribution in [-0.4, -0.2) is 31.3 Å². The standard InChI is InChI=1S/C14H25NO4/c1-4-7-10-18-13(15-12(16)9-6-3)14(17)19-11-8-5-2/h6,9,13H,4-5,7-8,10-11H2,1-3H3,(H,15,16). The van der Waals surface area contributed by atoms with E-state index in [0.29, 0.717) is 13.2 Å². The second kappa shape index (κ2) is 11.7. The van der Waals surface area contributed by atoms with Gasteiger partial charge >= 0.3 is 5.97 Å². The second-order valence-corrected chi connectivity index (χ2v) is 4.13. The Morgan fingerprint density at radius 1 is 1.16 bits per heavy atom. The predicted octanol–water partition coefficient (Wildman–Crippen LogP) is 2.16. The molecule has 1 N–H and O–H groups in total. The Balaban J connectivity index is 4.29. The molecule has 0 spiro atoms. The molecule has 0 saturated carbocycles. The minimum atomic E-state index is -1.02. The summed E-state index contributed by atoms with van der Waals surface area (Å²) in [6, 6.07) is 0. The van der Waals surface area contributed by atoms with Gasteiger partial charge in [-0.2, -0.15) is 0 Å². The summed E-state index contributed by atoms with van der Waals surface area (Å²) in [4.78, 5) is 23.2. The molecule has 5 nitrogen and oxygen atoms in total. The van der Waals surface area contributed by atoms with Crippen molar-refractivity contribution < 1.29 is 19.1 Å². The van der Waals surface area contributed by atoms with Crippen molar-refractivity contribution in [2.24, 2.45) is 0 Å². The molecule has 0 bridgehead atoms. The summed E-state index contributed by atoms with van der Waals surface area (Å²) in [6.45, 7) is 6.53. The van der Waals surface area contributed by atoms with Crippen LogP contribution >= 0.6 is 0 Å². The Kier molecular flexibility index (Phi) is 10.9. The van der Waals surface area contributed by atoms with Gasteiger partial charge in [-0.15, -0.1) is 0 Å². The zero-order chi connectivity index (χ0) is 14.5. The zero-order valence-electron chi connectivity index (χ0n) is 12.1. The maximum atomic E-state index is 11.8. The van der Waals surface area contributed by atoms with Crippen LogP contribution in [0.15, 0.2) is 12.2 Å². The van der Waals surface area contributed by atoms with E-state index in [1.54, 1.807) is 13.0 Å². The smallest absolute Gasteiger partial charge is 0.356 e. The molecular weight excluding hydrogens is 246 g/mol. The maximum absolute atomic E-state index is 11.8. The fraction of sp³-hybridized carbons (Fsp3) is 0.714. The van der Waals surface area contributed by atoms with Crippen molar-refractivity contribution in [2.45, 2.75) is 52.7 Å². The van der Waals surface area contributed by atoms with Gasteiger partial charge in [-0.25, -0.2) is 4.79 Å². The van der Waals surface area contributed by atoms with Crippen LogP contribution in [0.4, 0.5) is 0 Å². The quantitative estimate of drug-likeness (QED) is 0.286. The molecule has 1 atom stereocenters. The van der Waals surface area contributed by atoms with Crippen molar-refractivity contribution >= 4 is 11.9 Å². The van der Waals surface area contributed by atoms with E-state index in [9.17, 15) is 9.59 Å². The van der Waals surface area contributed by atoms with Crippen LogP contribution in [-0.2, 0) is 19.1 Å². The lowest BCUT2D eigenvalue weighted by molar-refractivity contribution is -0.161. The molecule has 1 unspecified atom stereocenters. The van der Waals surface area contributed by atoms with Crippen LogP contribution in [0.1, 0.15) is 46.5 Å². The van der Waals surface area contributed by atoms with E-state index in [0.717, 1.165) is 25.7 Å². The third-order valence-corrected chi connectivity index (χ3v) is 2.33. The van der Waals surface area contributed by atoms with Crippen LogP contribution in [0, 0.1) is 0 Å². The second-order valence-electron chi connectivity index (χ2n) is 4.13. The molecule has 1 amide bonds. The first-order valence-electron chi connectivity index (χ1n) is 6.87. The van der Waals surface area contributed by atoms with Gasteiger partial charge in [0.15, 0.2) is 0 Å². The lowest BCUT2D eigenvalue weighted by Crippen LogP contribution is -2.43. The Hall–Kier alpha value is -1.36. The predicted molar refractivity (Wildman–Crippen MR) is 73.5 cm³/mol. The number of esters is 1. The van der Waals surface area contributed by atoms with E-state index < -0.39 is 12.2 Å². The molecular formula is C14H25NO4. The number of hydrogen-bond acceptors (Lipinski definition) is 4. The summed E-state index contributed by atoms with van der Waals surface area (Å²) < 4.78 is 10.4. The molecule has 0 aliphatic carbocycles. The lowest BCUT2D eigenvalue weighted by atomic mass is 10.3. The molecule has 0 aliphatic heterocycles. The first kappa shape index (κ1) is 17.6. The van der Waals surface area contributed by atoms with Gasteiger partial charge in [0, 0.05) is 6.61 Å². The number of rotatable bonds is 10. The number of hydrogen-bond donors (Lipinski definition) is 1. The average Bonchev–Trinajstić information content (AvgIpc) is 2.38. The van der Waals surface area contributed by atoms with Crippen LogP contribution in [0.5, 0.6) is 0 Å². The number of carbonyl (C=O) groups is 2. The summed E-state index contributed by atoms with van der Waals surface area (Å²) in [7, 11) is 0. The largest absolute Gasteiger partial charge is 0.462 e. The highest BCUT2D eigenvalue weighted by molar-refractivity contribution is 5.90. The molecule has 0 aliphatic rings. The third-order valence-electron chi connectivity index (χ3n) is 2.33. The molecule has 5 heteroatoms. The molecule has 19 heavy (non-hydrogen) atoms. The van der Waals surface area contributed by atoms with Crippen LogP contribution in [0.3, 0.4) is 0 Å². The van der Waals surface area contributed by atoms with Crippen molar-refractivity contribution in [3.63, 3.8) is 0 Å². The molecule has 0 radical (unpaired) electrons. The number of allylic oxidation sites excluding steroid dienone is 1. The monoisotopic (exact) mass is 271 g/mol. The van der Waals surface area contributed by atoms with Crippen molar-refractivity contribution in [2.75, 3.05) is 13.2 Å².